The molecule has 1 saturated heterocycles. The summed E-state index contributed by atoms with van der Waals surface area (Å²) in [5.74, 6) is 1.44. The van der Waals surface area contributed by atoms with Crippen molar-refractivity contribution in [1.29, 1.82) is 0 Å². The van der Waals surface area contributed by atoms with Gasteiger partial charge in [-0.3, -0.25) is 0 Å². The predicted molar refractivity (Wildman–Crippen MR) is 54.3 cm³/mol. The highest BCUT2D eigenvalue weighted by Gasteiger charge is 2.36. The van der Waals surface area contributed by atoms with Crippen LogP contribution in [-0.2, 0) is 0 Å². The molecule has 4 N–H and O–H groups in total. The highest BCUT2D eigenvalue weighted by atomic mass is 15.1. The highest BCUT2D eigenvalue weighted by Crippen LogP contribution is 2.33. The summed E-state index contributed by atoms with van der Waals surface area (Å²) in [6.45, 7) is 2.41. The molecular formula is C10H21N3. The Morgan fingerprint density at radius 3 is 2.46 bits per heavy atom. The zero-order valence-electron chi connectivity index (χ0n) is 8.45. The summed E-state index contributed by atoms with van der Waals surface area (Å²) >= 11 is 0. The molecule has 3 heteroatoms. The quantitative estimate of drug-likeness (QED) is 0.634. The van der Waals surface area contributed by atoms with Gasteiger partial charge in [-0.05, 0) is 44.7 Å². The summed E-state index contributed by atoms with van der Waals surface area (Å²) < 4.78 is 0. The van der Waals surface area contributed by atoms with Crippen LogP contribution in [0.25, 0.3) is 0 Å². The van der Waals surface area contributed by atoms with Crippen molar-refractivity contribution < 1.29 is 0 Å². The fourth-order valence-electron chi connectivity index (χ4n) is 2.69. The maximum absolute atomic E-state index is 6.23. The van der Waals surface area contributed by atoms with Crippen LogP contribution in [0.1, 0.15) is 19.3 Å². The topological polar surface area (TPSA) is 55.3 Å². The molecule has 0 radical (unpaired) electrons. The minimum atomic E-state index is 0.407. The fraction of sp³-hybridized carbons (Fsp3) is 1.00. The minimum Gasteiger partial charge on any atom is -0.328 e. The molecule has 13 heavy (non-hydrogen) atoms. The van der Waals surface area contributed by atoms with Gasteiger partial charge in [0.15, 0.2) is 0 Å². The molecule has 1 aliphatic carbocycles. The van der Waals surface area contributed by atoms with Gasteiger partial charge in [-0.15, -0.1) is 0 Å². The Morgan fingerprint density at radius 1 is 1.31 bits per heavy atom. The summed E-state index contributed by atoms with van der Waals surface area (Å²) in [6, 6.07) is 0.847. The first kappa shape index (κ1) is 9.44. The van der Waals surface area contributed by atoms with Crippen LogP contribution in [-0.4, -0.2) is 37.1 Å². The largest absolute Gasteiger partial charge is 0.328 e. The lowest BCUT2D eigenvalue weighted by Gasteiger charge is -2.39. The predicted octanol–water partition coefficient (Wildman–Crippen LogP) is 0.00270. The fourth-order valence-corrected chi connectivity index (χ4v) is 2.69. The van der Waals surface area contributed by atoms with Crippen LogP contribution in [0.2, 0.25) is 0 Å². The average Bonchev–Trinajstić information content (AvgIpc) is 2.45. The van der Waals surface area contributed by atoms with Gasteiger partial charge in [0.05, 0.1) is 0 Å². The highest BCUT2D eigenvalue weighted by molar-refractivity contribution is 4.94. The molecule has 0 bridgehead atoms. The van der Waals surface area contributed by atoms with E-state index in [9.17, 15) is 0 Å². The van der Waals surface area contributed by atoms with E-state index in [-0.39, 0.29) is 0 Å². The molecule has 1 saturated carbocycles. The molecule has 1 aliphatic heterocycles. The Bertz CT molecular complexity index is 177. The second-order valence-electron chi connectivity index (χ2n) is 4.88. The van der Waals surface area contributed by atoms with Crippen LogP contribution < -0.4 is 11.5 Å². The Morgan fingerprint density at radius 2 is 2.00 bits per heavy atom. The number of nitrogens with zero attached hydrogens (tertiary/aromatic N) is 1. The van der Waals surface area contributed by atoms with Crippen LogP contribution in [0.5, 0.6) is 0 Å². The molecule has 0 amide bonds. The van der Waals surface area contributed by atoms with Gasteiger partial charge < -0.3 is 16.4 Å². The zero-order valence-corrected chi connectivity index (χ0v) is 8.45. The summed E-state index contributed by atoms with van der Waals surface area (Å²) in [5, 5.41) is 0. The van der Waals surface area contributed by atoms with Crippen LogP contribution in [0, 0.1) is 11.8 Å². The van der Waals surface area contributed by atoms with Gasteiger partial charge in [0, 0.05) is 18.6 Å². The number of hydrogen-bond acceptors (Lipinski definition) is 3. The van der Waals surface area contributed by atoms with Crippen molar-refractivity contribution in [3.05, 3.63) is 0 Å². The van der Waals surface area contributed by atoms with Crippen molar-refractivity contribution in [1.82, 2.24) is 4.90 Å². The minimum absolute atomic E-state index is 0.407. The van der Waals surface area contributed by atoms with Gasteiger partial charge in [0.25, 0.3) is 0 Å². The Labute approximate surface area is 80.5 Å². The van der Waals surface area contributed by atoms with Crippen LogP contribution >= 0.6 is 0 Å². The van der Waals surface area contributed by atoms with E-state index in [4.69, 9.17) is 11.5 Å². The van der Waals surface area contributed by atoms with Crippen LogP contribution in [0.4, 0.5) is 0 Å². The van der Waals surface area contributed by atoms with E-state index in [1.165, 1.54) is 19.5 Å². The number of likely N-dealkylation sites (tertiary alicyclic amines) is 1. The zero-order chi connectivity index (χ0) is 9.42. The van der Waals surface area contributed by atoms with Crippen LogP contribution in [0.15, 0.2) is 0 Å². The Kier molecular flexibility index (Phi) is 2.58. The van der Waals surface area contributed by atoms with Crippen molar-refractivity contribution in [3.8, 4) is 0 Å². The normalized spacial score (nSPS) is 43.2. The summed E-state index contributed by atoms with van der Waals surface area (Å²) in [7, 11) is 2.18. The van der Waals surface area contributed by atoms with Gasteiger partial charge in [0.1, 0.15) is 0 Å². The molecule has 0 aromatic rings. The maximum Gasteiger partial charge on any atom is 0.0109 e. The monoisotopic (exact) mass is 183 g/mol. The molecule has 2 fully saturated rings. The lowest BCUT2D eigenvalue weighted by Crippen LogP contribution is -2.49. The summed E-state index contributed by atoms with van der Waals surface area (Å²) in [5.41, 5.74) is 12.0. The van der Waals surface area contributed by atoms with Gasteiger partial charge in [0.2, 0.25) is 0 Å². The van der Waals surface area contributed by atoms with E-state index < -0.39 is 0 Å². The first-order valence-electron chi connectivity index (χ1n) is 5.36. The molecule has 2 rings (SSSR count). The molecule has 1 heterocycles. The Hall–Kier alpha value is -0.120. The van der Waals surface area contributed by atoms with Crippen molar-refractivity contribution in [2.75, 3.05) is 20.1 Å². The molecule has 2 atom stereocenters. The number of hydrogen-bond donors (Lipinski definition) is 2. The molecule has 3 nitrogen and oxygen atoms in total. The van der Waals surface area contributed by atoms with Gasteiger partial charge in [-0.25, -0.2) is 0 Å². The van der Waals surface area contributed by atoms with Crippen LogP contribution in [0.3, 0.4) is 0 Å². The lowest BCUT2D eigenvalue weighted by molar-refractivity contribution is 0.181. The van der Waals surface area contributed by atoms with E-state index in [1.807, 2.05) is 0 Å². The van der Waals surface area contributed by atoms with Crippen molar-refractivity contribution in [2.45, 2.75) is 31.3 Å². The first-order valence-corrected chi connectivity index (χ1v) is 5.36. The first-order chi connectivity index (χ1) is 6.16. The third-order valence-electron chi connectivity index (χ3n) is 3.73. The van der Waals surface area contributed by atoms with E-state index in [0.29, 0.717) is 18.0 Å². The summed E-state index contributed by atoms with van der Waals surface area (Å²) in [6.07, 6.45) is 3.59. The molecule has 2 unspecified atom stereocenters. The molecule has 76 valence electrons. The van der Waals surface area contributed by atoms with Crippen molar-refractivity contribution >= 4 is 0 Å². The molecule has 0 aromatic carbocycles. The van der Waals surface area contributed by atoms with Gasteiger partial charge in [-0.2, -0.15) is 0 Å². The number of rotatable bonds is 2. The third kappa shape index (κ3) is 1.87. The Balaban J connectivity index is 1.80. The third-order valence-corrected chi connectivity index (χ3v) is 3.73. The van der Waals surface area contributed by atoms with Gasteiger partial charge >= 0.3 is 0 Å². The lowest BCUT2D eigenvalue weighted by atomic mass is 9.72. The standard InChI is InChI=1S/C10H21N3/c1-13-3-2-7(6-13)10(12)8-4-9(11)5-8/h7-10H,2-6,11-12H2,1H3. The van der Waals surface area contributed by atoms with E-state index in [2.05, 4.69) is 11.9 Å². The van der Waals surface area contributed by atoms with Crippen molar-refractivity contribution in [2.24, 2.45) is 23.3 Å². The summed E-state index contributed by atoms with van der Waals surface area (Å²) in [4.78, 5) is 2.38. The van der Waals surface area contributed by atoms with E-state index in [1.54, 1.807) is 0 Å². The van der Waals surface area contributed by atoms with Gasteiger partial charge in [-0.1, -0.05) is 0 Å². The second kappa shape index (κ2) is 3.56. The average molecular weight is 183 g/mol. The SMILES string of the molecule is CN1CCC(C(N)C2CC(N)C2)C1. The van der Waals surface area contributed by atoms with E-state index in [0.717, 1.165) is 18.8 Å². The number of nitrogens with two attached hydrogens (primary N) is 2. The smallest absolute Gasteiger partial charge is 0.0109 e. The molecule has 0 aromatic heterocycles. The second-order valence-corrected chi connectivity index (χ2v) is 4.88. The molecule has 0 spiro atoms. The van der Waals surface area contributed by atoms with Crippen molar-refractivity contribution in [3.63, 3.8) is 0 Å². The maximum atomic E-state index is 6.23. The van der Waals surface area contributed by atoms with E-state index >= 15 is 0 Å². The molecule has 2 aliphatic rings. The molecular weight excluding hydrogens is 162 g/mol.